The second kappa shape index (κ2) is 5.94. The summed E-state index contributed by atoms with van der Waals surface area (Å²) >= 11 is 0. The lowest BCUT2D eigenvalue weighted by molar-refractivity contribution is -0.143. The van der Waals surface area contributed by atoms with Gasteiger partial charge >= 0.3 is 5.97 Å². The van der Waals surface area contributed by atoms with E-state index in [-0.39, 0.29) is 11.9 Å². The van der Waals surface area contributed by atoms with Crippen molar-refractivity contribution in [2.45, 2.75) is 12.8 Å². The van der Waals surface area contributed by atoms with Crippen molar-refractivity contribution in [1.29, 1.82) is 0 Å². The third kappa shape index (κ3) is 3.83. The van der Waals surface area contributed by atoms with Crippen molar-refractivity contribution in [3.63, 3.8) is 0 Å². The second-order valence-electron chi connectivity index (χ2n) is 3.86. The number of hydrogen-bond acceptors (Lipinski definition) is 4. The SMILES string of the molecule is O=C(CCc1ccccc1)OCC1C=NN=C1. The molecule has 0 fully saturated rings. The highest BCUT2D eigenvalue weighted by molar-refractivity contribution is 5.87. The van der Waals surface area contributed by atoms with Crippen LogP contribution in [0.15, 0.2) is 40.5 Å². The van der Waals surface area contributed by atoms with Gasteiger partial charge in [0.15, 0.2) is 0 Å². The van der Waals surface area contributed by atoms with E-state index in [9.17, 15) is 4.79 Å². The molecule has 1 aliphatic heterocycles. The monoisotopic (exact) mass is 230 g/mol. The molecule has 1 heterocycles. The number of nitrogens with zero attached hydrogens (tertiary/aromatic N) is 2. The summed E-state index contributed by atoms with van der Waals surface area (Å²) in [6.45, 7) is 0.334. The Kier molecular flexibility index (Phi) is 4.02. The van der Waals surface area contributed by atoms with Gasteiger partial charge in [0.25, 0.3) is 0 Å². The average Bonchev–Trinajstić information content (AvgIpc) is 2.88. The Balaban J connectivity index is 1.67. The van der Waals surface area contributed by atoms with Crippen LogP contribution in [0.25, 0.3) is 0 Å². The van der Waals surface area contributed by atoms with Gasteiger partial charge in [-0.1, -0.05) is 30.3 Å². The van der Waals surface area contributed by atoms with Gasteiger partial charge in [0.1, 0.15) is 6.61 Å². The van der Waals surface area contributed by atoms with Gasteiger partial charge in [-0.3, -0.25) is 4.79 Å². The second-order valence-corrected chi connectivity index (χ2v) is 3.86. The molecule has 1 aliphatic rings. The number of benzene rings is 1. The summed E-state index contributed by atoms with van der Waals surface area (Å²) in [5.41, 5.74) is 1.15. The van der Waals surface area contributed by atoms with E-state index in [0.717, 1.165) is 5.56 Å². The molecule has 0 unspecified atom stereocenters. The van der Waals surface area contributed by atoms with Gasteiger partial charge in [-0.05, 0) is 12.0 Å². The Morgan fingerprint density at radius 1 is 1.18 bits per heavy atom. The lowest BCUT2D eigenvalue weighted by atomic mass is 10.1. The molecule has 1 aromatic carbocycles. The summed E-state index contributed by atoms with van der Waals surface area (Å²) in [6.07, 6.45) is 4.46. The summed E-state index contributed by atoms with van der Waals surface area (Å²) in [7, 11) is 0. The maximum absolute atomic E-state index is 11.5. The minimum Gasteiger partial charge on any atom is -0.465 e. The van der Waals surface area contributed by atoms with Gasteiger partial charge in [0.05, 0.1) is 5.92 Å². The first-order chi connectivity index (χ1) is 8.34. The smallest absolute Gasteiger partial charge is 0.306 e. The largest absolute Gasteiger partial charge is 0.465 e. The first kappa shape index (κ1) is 11.5. The number of aryl methyl sites for hydroxylation is 1. The van der Waals surface area contributed by atoms with Gasteiger partial charge in [-0.2, -0.15) is 10.2 Å². The molecule has 17 heavy (non-hydrogen) atoms. The Morgan fingerprint density at radius 3 is 2.59 bits per heavy atom. The van der Waals surface area contributed by atoms with E-state index >= 15 is 0 Å². The minimum absolute atomic E-state index is 0.0377. The lowest BCUT2D eigenvalue weighted by Gasteiger charge is -2.06. The zero-order valence-corrected chi connectivity index (χ0v) is 9.45. The molecule has 0 spiro atoms. The highest BCUT2D eigenvalue weighted by Gasteiger charge is 2.10. The molecular formula is C13H14N2O2. The van der Waals surface area contributed by atoms with E-state index < -0.39 is 0 Å². The maximum Gasteiger partial charge on any atom is 0.306 e. The van der Waals surface area contributed by atoms with Crippen LogP contribution in [0.3, 0.4) is 0 Å². The van der Waals surface area contributed by atoms with Crippen molar-refractivity contribution in [1.82, 2.24) is 0 Å². The van der Waals surface area contributed by atoms with E-state index in [1.54, 1.807) is 12.4 Å². The molecule has 4 heteroatoms. The number of esters is 1. The number of carbonyl (C=O) groups is 1. The van der Waals surface area contributed by atoms with E-state index in [0.29, 0.717) is 19.4 Å². The zero-order valence-electron chi connectivity index (χ0n) is 9.45. The fourth-order valence-corrected chi connectivity index (χ4v) is 1.53. The van der Waals surface area contributed by atoms with Crippen LogP contribution in [-0.2, 0) is 16.0 Å². The number of rotatable bonds is 5. The molecule has 0 atom stereocenters. The molecule has 0 aromatic heterocycles. The molecule has 4 nitrogen and oxygen atoms in total. The first-order valence-electron chi connectivity index (χ1n) is 5.61. The first-order valence-corrected chi connectivity index (χ1v) is 5.61. The standard InChI is InChI=1S/C13H14N2O2/c16-13(17-10-12-8-14-15-9-12)7-6-11-4-2-1-3-5-11/h1-5,8-9,12H,6-7,10H2. The fourth-order valence-electron chi connectivity index (χ4n) is 1.53. The van der Waals surface area contributed by atoms with Crippen LogP contribution >= 0.6 is 0 Å². The molecule has 0 radical (unpaired) electrons. The maximum atomic E-state index is 11.5. The summed E-state index contributed by atoms with van der Waals surface area (Å²) in [4.78, 5) is 11.5. The minimum atomic E-state index is -0.178. The van der Waals surface area contributed by atoms with Crippen LogP contribution in [0.5, 0.6) is 0 Å². The van der Waals surface area contributed by atoms with Gasteiger partial charge in [-0.15, -0.1) is 0 Å². The van der Waals surface area contributed by atoms with Gasteiger partial charge < -0.3 is 4.74 Å². The van der Waals surface area contributed by atoms with E-state index in [2.05, 4.69) is 10.2 Å². The number of carbonyl (C=O) groups excluding carboxylic acids is 1. The molecule has 1 aromatic rings. The quantitative estimate of drug-likeness (QED) is 0.725. The van der Waals surface area contributed by atoms with Crippen molar-refractivity contribution in [2.75, 3.05) is 6.61 Å². The van der Waals surface area contributed by atoms with Crippen molar-refractivity contribution in [2.24, 2.45) is 16.1 Å². The normalized spacial score (nSPS) is 14.1. The molecule has 0 bridgehead atoms. The third-order valence-corrected chi connectivity index (χ3v) is 2.48. The van der Waals surface area contributed by atoms with Crippen LogP contribution in [0.2, 0.25) is 0 Å². The summed E-state index contributed by atoms with van der Waals surface area (Å²) < 4.78 is 5.13. The predicted molar refractivity (Wildman–Crippen MR) is 66.2 cm³/mol. The predicted octanol–water partition coefficient (Wildman–Crippen LogP) is 1.85. The average molecular weight is 230 g/mol. The Hall–Kier alpha value is -1.97. The van der Waals surface area contributed by atoms with E-state index in [4.69, 9.17) is 4.74 Å². The van der Waals surface area contributed by atoms with Gasteiger partial charge in [-0.25, -0.2) is 0 Å². The van der Waals surface area contributed by atoms with Crippen LogP contribution < -0.4 is 0 Å². The Morgan fingerprint density at radius 2 is 1.88 bits per heavy atom. The van der Waals surface area contributed by atoms with Gasteiger partial charge in [0, 0.05) is 18.9 Å². The topological polar surface area (TPSA) is 51.0 Å². The van der Waals surface area contributed by atoms with Crippen molar-refractivity contribution < 1.29 is 9.53 Å². The van der Waals surface area contributed by atoms with Crippen LogP contribution in [-0.4, -0.2) is 25.0 Å². The molecule has 88 valence electrons. The molecule has 0 aliphatic carbocycles. The zero-order chi connectivity index (χ0) is 11.9. The lowest BCUT2D eigenvalue weighted by Crippen LogP contribution is -2.15. The fraction of sp³-hybridized carbons (Fsp3) is 0.308. The molecule has 0 N–H and O–H groups in total. The molecule has 0 amide bonds. The van der Waals surface area contributed by atoms with Crippen LogP contribution in [0.4, 0.5) is 0 Å². The Labute approximate surface area is 100 Å². The highest BCUT2D eigenvalue weighted by atomic mass is 16.5. The van der Waals surface area contributed by atoms with Crippen molar-refractivity contribution in [3.05, 3.63) is 35.9 Å². The van der Waals surface area contributed by atoms with Crippen molar-refractivity contribution in [3.8, 4) is 0 Å². The number of ether oxygens (including phenoxy) is 1. The molecule has 0 saturated carbocycles. The summed E-state index contributed by atoms with van der Waals surface area (Å²) in [5.74, 6) is -0.141. The third-order valence-electron chi connectivity index (χ3n) is 2.48. The number of hydrogen-bond donors (Lipinski definition) is 0. The van der Waals surface area contributed by atoms with Crippen molar-refractivity contribution >= 4 is 18.4 Å². The molecule has 2 rings (SSSR count). The van der Waals surface area contributed by atoms with E-state index in [1.807, 2.05) is 30.3 Å². The summed E-state index contributed by atoms with van der Waals surface area (Å²) in [6, 6.07) is 9.89. The van der Waals surface area contributed by atoms with E-state index in [1.165, 1.54) is 0 Å². The highest BCUT2D eigenvalue weighted by Crippen LogP contribution is 2.04. The summed E-state index contributed by atoms with van der Waals surface area (Å²) in [5, 5.41) is 7.38. The Bertz CT molecular complexity index is 414. The van der Waals surface area contributed by atoms with Gasteiger partial charge in [0.2, 0.25) is 0 Å². The molecule has 0 saturated heterocycles. The van der Waals surface area contributed by atoms with Crippen LogP contribution in [0, 0.1) is 5.92 Å². The van der Waals surface area contributed by atoms with Crippen LogP contribution in [0.1, 0.15) is 12.0 Å². The molecular weight excluding hydrogens is 216 g/mol.